The molecule has 1 heterocycles. The molecule has 0 aliphatic carbocycles. The van der Waals surface area contributed by atoms with E-state index in [1.54, 1.807) is 11.6 Å². The standard InChI is InChI=1S/C30H27N2OP/c1-2-32-29-16-10-9-15-27(29)28-23-26(17-18-30(28)32)31-34(33,21-19-24-11-5-3-6-12-24)22-20-25-13-7-4-8-14-25/h3-23H,2H2,1H3,(H,31,33)/b21-19+,22-20+. The Morgan fingerprint density at radius 2 is 1.26 bits per heavy atom. The zero-order chi connectivity index (χ0) is 23.4. The summed E-state index contributed by atoms with van der Waals surface area (Å²) >= 11 is 0. The highest BCUT2D eigenvalue weighted by molar-refractivity contribution is 7.71. The predicted octanol–water partition coefficient (Wildman–Crippen LogP) is 8.85. The van der Waals surface area contributed by atoms with Gasteiger partial charge in [-0.15, -0.1) is 0 Å². The minimum atomic E-state index is -3.03. The molecule has 5 aromatic rings. The lowest BCUT2D eigenvalue weighted by Gasteiger charge is -2.14. The van der Waals surface area contributed by atoms with Crippen LogP contribution >= 0.6 is 7.29 Å². The van der Waals surface area contributed by atoms with E-state index in [4.69, 9.17) is 0 Å². The fourth-order valence-electron chi connectivity index (χ4n) is 4.31. The van der Waals surface area contributed by atoms with Crippen molar-refractivity contribution >= 4 is 46.9 Å². The molecule has 0 atom stereocenters. The van der Waals surface area contributed by atoms with E-state index in [1.807, 2.05) is 78.9 Å². The highest BCUT2D eigenvalue weighted by Gasteiger charge is 2.16. The summed E-state index contributed by atoms with van der Waals surface area (Å²) in [6.45, 7) is 3.06. The van der Waals surface area contributed by atoms with Gasteiger partial charge in [-0.05, 0) is 66.1 Å². The first kappa shape index (κ1) is 22.0. The maximum absolute atomic E-state index is 14.1. The van der Waals surface area contributed by atoms with Crippen LogP contribution in [0.2, 0.25) is 0 Å². The summed E-state index contributed by atoms with van der Waals surface area (Å²) in [5.74, 6) is 3.59. The SMILES string of the molecule is CCn1c2ccccc2c2cc(NP(=O)(/C=C/c3ccccc3)/C=C/c3ccccc3)ccc21. The molecule has 168 valence electrons. The number of rotatable bonds is 7. The van der Waals surface area contributed by atoms with Crippen molar-refractivity contribution in [2.24, 2.45) is 0 Å². The number of hydrogen-bond donors (Lipinski definition) is 1. The van der Waals surface area contributed by atoms with Crippen molar-refractivity contribution in [1.29, 1.82) is 0 Å². The van der Waals surface area contributed by atoms with Gasteiger partial charge >= 0.3 is 0 Å². The highest BCUT2D eigenvalue weighted by atomic mass is 31.2. The summed E-state index contributed by atoms with van der Waals surface area (Å²) in [5, 5.41) is 5.72. The molecule has 0 bridgehead atoms. The van der Waals surface area contributed by atoms with Gasteiger partial charge in [0.1, 0.15) is 0 Å². The topological polar surface area (TPSA) is 34.0 Å². The van der Waals surface area contributed by atoms with Crippen molar-refractivity contribution in [3.05, 3.63) is 126 Å². The lowest BCUT2D eigenvalue weighted by molar-refractivity contribution is 0.589. The second-order valence-electron chi connectivity index (χ2n) is 8.27. The van der Waals surface area contributed by atoms with Crippen molar-refractivity contribution in [1.82, 2.24) is 4.57 Å². The third-order valence-corrected chi connectivity index (χ3v) is 7.76. The molecule has 0 saturated heterocycles. The summed E-state index contributed by atoms with van der Waals surface area (Å²) in [6, 6.07) is 34.6. The van der Waals surface area contributed by atoms with E-state index in [0.29, 0.717) is 0 Å². The first-order valence-corrected chi connectivity index (χ1v) is 13.4. The molecule has 1 N–H and O–H groups in total. The molecule has 0 unspecified atom stereocenters. The Balaban J connectivity index is 1.55. The van der Waals surface area contributed by atoms with Gasteiger partial charge in [-0.1, -0.05) is 78.9 Å². The Morgan fingerprint density at radius 1 is 0.706 bits per heavy atom. The summed E-state index contributed by atoms with van der Waals surface area (Å²) in [5.41, 5.74) is 5.26. The number of para-hydroxylation sites is 1. The fourth-order valence-corrected chi connectivity index (χ4v) is 5.89. The van der Waals surface area contributed by atoms with Crippen LogP contribution < -0.4 is 5.09 Å². The molecule has 0 fully saturated rings. The zero-order valence-corrected chi connectivity index (χ0v) is 20.0. The predicted molar refractivity (Wildman–Crippen MR) is 147 cm³/mol. The lowest BCUT2D eigenvalue weighted by Crippen LogP contribution is -1.94. The van der Waals surface area contributed by atoms with Gasteiger partial charge in [-0.2, -0.15) is 0 Å². The number of aryl methyl sites for hydroxylation is 1. The summed E-state index contributed by atoms with van der Waals surface area (Å²) in [7, 11) is -3.03. The van der Waals surface area contributed by atoms with E-state index in [2.05, 4.69) is 53.0 Å². The third-order valence-electron chi connectivity index (χ3n) is 5.97. The Bertz CT molecular complexity index is 1480. The Hall–Kier alpha value is -3.81. The van der Waals surface area contributed by atoms with Gasteiger partial charge in [0.2, 0.25) is 7.29 Å². The number of anilines is 1. The van der Waals surface area contributed by atoms with Gasteiger partial charge in [0, 0.05) is 34.0 Å². The van der Waals surface area contributed by atoms with Crippen molar-refractivity contribution in [2.45, 2.75) is 13.5 Å². The van der Waals surface area contributed by atoms with Gasteiger partial charge in [0.15, 0.2) is 0 Å². The van der Waals surface area contributed by atoms with Gasteiger partial charge in [0.25, 0.3) is 0 Å². The maximum atomic E-state index is 14.1. The van der Waals surface area contributed by atoms with Gasteiger partial charge in [-0.25, -0.2) is 0 Å². The molecule has 0 saturated carbocycles. The van der Waals surface area contributed by atoms with Crippen LogP contribution in [-0.4, -0.2) is 4.57 Å². The molecular weight excluding hydrogens is 435 g/mol. The molecule has 0 radical (unpaired) electrons. The quantitative estimate of drug-likeness (QED) is 0.245. The third kappa shape index (κ3) is 4.62. The molecule has 5 rings (SSSR count). The number of nitrogens with zero attached hydrogens (tertiary/aromatic N) is 1. The Kier molecular flexibility index (Phi) is 6.20. The zero-order valence-electron chi connectivity index (χ0n) is 19.1. The average Bonchev–Trinajstić information content (AvgIpc) is 3.21. The number of fused-ring (bicyclic) bond motifs is 3. The van der Waals surface area contributed by atoms with E-state index in [0.717, 1.165) is 28.7 Å². The van der Waals surface area contributed by atoms with Crippen LogP contribution in [0.4, 0.5) is 5.69 Å². The molecule has 3 nitrogen and oxygen atoms in total. The second-order valence-corrected chi connectivity index (χ2v) is 10.5. The largest absolute Gasteiger partial charge is 0.341 e. The molecule has 4 heteroatoms. The van der Waals surface area contributed by atoms with Crippen LogP contribution in [0.15, 0.2) is 115 Å². The summed E-state index contributed by atoms with van der Waals surface area (Å²) in [4.78, 5) is 0. The Labute approximate surface area is 200 Å². The molecule has 0 aliphatic heterocycles. The van der Waals surface area contributed by atoms with E-state index in [1.165, 1.54) is 16.4 Å². The molecule has 0 amide bonds. The summed E-state index contributed by atoms with van der Waals surface area (Å²) in [6.07, 6.45) is 3.84. The van der Waals surface area contributed by atoms with Gasteiger partial charge < -0.3 is 9.65 Å². The van der Waals surface area contributed by atoms with Crippen LogP contribution in [0.25, 0.3) is 34.0 Å². The van der Waals surface area contributed by atoms with Crippen molar-refractivity contribution in [3.63, 3.8) is 0 Å². The van der Waals surface area contributed by atoms with Crippen molar-refractivity contribution < 1.29 is 4.57 Å². The number of aromatic nitrogens is 1. The maximum Gasteiger partial charge on any atom is 0.213 e. The van der Waals surface area contributed by atoms with Crippen LogP contribution in [0.5, 0.6) is 0 Å². The van der Waals surface area contributed by atoms with Gasteiger partial charge in [0.05, 0.1) is 0 Å². The van der Waals surface area contributed by atoms with E-state index in [-0.39, 0.29) is 0 Å². The normalized spacial score (nSPS) is 12.3. The second kappa shape index (κ2) is 9.59. The molecule has 1 aromatic heterocycles. The van der Waals surface area contributed by atoms with Crippen LogP contribution in [-0.2, 0) is 11.1 Å². The average molecular weight is 463 g/mol. The summed E-state index contributed by atoms with van der Waals surface area (Å²) < 4.78 is 16.4. The number of benzene rings is 4. The van der Waals surface area contributed by atoms with E-state index in [9.17, 15) is 4.57 Å². The number of nitrogens with one attached hydrogen (secondary N) is 1. The molecule has 0 aliphatic rings. The minimum Gasteiger partial charge on any atom is -0.341 e. The first-order chi connectivity index (χ1) is 16.6. The molecule has 0 spiro atoms. The van der Waals surface area contributed by atoms with Crippen molar-refractivity contribution in [2.75, 3.05) is 5.09 Å². The smallest absolute Gasteiger partial charge is 0.213 e. The minimum absolute atomic E-state index is 0.838. The number of hydrogen-bond acceptors (Lipinski definition) is 1. The first-order valence-electron chi connectivity index (χ1n) is 11.5. The molecule has 34 heavy (non-hydrogen) atoms. The van der Waals surface area contributed by atoms with E-state index >= 15 is 0 Å². The fraction of sp³-hybridized carbons (Fsp3) is 0.0667. The molecular formula is C30H27N2OP. The van der Waals surface area contributed by atoms with E-state index < -0.39 is 7.29 Å². The lowest BCUT2D eigenvalue weighted by atomic mass is 10.1. The highest BCUT2D eigenvalue weighted by Crippen LogP contribution is 2.50. The monoisotopic (exact) mass is 462 g/mol. The Morgan fingerprint density at radius 3 is 1.88 bits per heavy atom. The van der Waals surface area contributed by atoms with Gasteiger partial charge in [-0.3, -0.25) is 4.57 Å². The van der Waals surface area contributed by atoms with Crippen LogP contribution in [0.1, 0.15) is 18.1 Å². The van der Waals surface area contributed by atoms with Crippen LogP contribution in [0, 0.1) is 0 Å². The van der Waals surface area contributed by atoms with Crippen LogP contribution in [0.3, 0.4) is 0 Å². The molecule has 4 aromatic carbocycles. The van der Waals surface area contributed by atoms with Crippen molar-refractivity contribution in [3.8, 4) is 0 Å².